The molecule has 0 fully saturated rings. The molecule has 2 amide bonds. The number of carbonyl (C=O) groups excluding carboxylic acids is 2. The Kier molecular flexibility index (Phi) is 3.56. The number of nitrogens with zero attached hydrogens (tertiary/aromatic N) is 1. The minimum atomic E-state index is -0.207. The molecule has 2 rings (SSSR count). The monoisotopic (exact) mass is 323 g/mol. The molecule has 4 heteroatoms. The first-order chi connectivity index (χ1) is 8.71. The van der Waals surface area contributed by atoms with Gasteiger partial charge in [0.15, 0.2) is 0 Å². The number of halogens is 1. The van der Waals surface area contributed by atoms with Gasteiger partial charge in [-0.2, -0.15) is 0 Å². The van der Waals surface area contributed by atoms with Crippen LogP contribution >= 0.6 is 15.9 Å². The third kappa shape index (κ3) is 2.59. The average molecular weight is 324 g/mol. The van der Waals surface area contributed by atoms with Gasteiger partial charge in [-0.25, -0.2) is 0 Å². The molecule has 19 heavy (non-hydrogen) atoms. The molecule has 0 saturated carbocycles. The molecule has 0 N–H and O–H groups in total. The maximum Gasteiger partial charge on any atom is 0.260 e. The van der Waals surface area contributed by atoms with E-state index in [0.29, 0.717) is 12.0 Å². The van der Waals surface area contributed by atoms with E-state index >= 15 is 0 Å². The third-order valence-electron chi connectivity index (χ3n) is 3.44. The quantitative estimate of drug-likeness (QED) is 0.587. The summed E-state index contributed by atoms with van der Waals surface area (Å²) in [7, 11) is 1.54. The molecule has 1 aliphatic rings. The van der Waals surface area contributed by atoms with Gasteiger partial charge in [0.2, 0.25) is 5.91 Å². The summed E-state index contributed by atoms with van der Waals surface area (Å²) in [5.74, 6) is -0.349. The number of imide groups is 1. The van der Waals surface area contributed by atoms with E-state index in [1.54, 1.807) is 0 Å². The number of carbonyl (C=O) groups is 2. The average Bonchev–Trinajstić information content (AvgIpc) is 2.34. The molecular formula is C15H18BrNO2. The maximum absolute atomic E-state index is 12.1. The van der Waals surface area contributed by atoms with E-state index in [1.807, 2.05) is 18.2 Å². The van der Waals surface area contributed by atoms with Crippen molar-refractivity contribution in [2.24, 2.45) is 5.41 Å². The van der Waals surface area contributed by atoms with Crippen LogP contribution in [0.4, 0.5) is 0 Å². The van der Waals surface area contributed by atoms with Crippen LogP contribution in [0.2, 0.25) is 0 Å². The Morgan fingerprint density at radius 2 is 1.89 bits per heavy atom. The van der Waals surface area contributed by atoms with Crippen molar-refractivity contribution in [3.05, 3.63) is 34.9 Å². The van der Waals surface area contributed by atoms with Gasteiger partial charge in [-0.1, -0.05) is 48.8 Å². The van der Waals surface area contributed by atoms with Crippen LogP contribution in [0.25, 0.3) is 0 Å². The van der Waals surface area contributed by atoms with Crippen molar-refractivity contribution in [2.75, 3.05) is 7.05 Å². The molecule has 0 saturated heterocycles. The Morgan fingerprint density at radius 3 is 2.47 bits per heavy atom. The Balaban J connectivity index is 2.45. The highest BCUT2D eigenvalue weighted by molar-refractivity contribution is 9.09. The normalized spacial score (nSPS) is 17.4. The predicted molar refractivity (Wildman–Crippen MR) is 78.4 cm³/mol. The van der Waals surface area contributed by atoms with Gasteiger partial charge in [0, 0.05) is 17.4 Å². The first-order valence-electron chi connectivity index (χ1n) is 6.29. The second-order valence-electron chi connectivity index (χ2n) is 6.08. The summed E-state index contributed by atoms with van der Waals surface area (Å²) in [6, 6.07) is 5.80. The van der Waals surface area contributed by atoms with Crippen molar-refractivity contribution in [3.63, 3.8) is 0 Å². The van der Waals surface area contributed by atoms with Gasteiger partial charge in [0.1, 0.15) is 0 Å². The van der Waals surface area contributed by atoms with Crippen LogP contribution in [0.15, 0.2) is 18.2 Å². The Hall–Kier alpha value is -1.16. The summed E-state index contributed by atoms with van der Waals surface area (Å²) < 4.78 is 0. The lowest BCUT2D eigenvalue weighted by Gasteiger charge is -2.28. The molecule has 1 aromatic carbocycles. The van der Waals surface area contributed by atoms with E-state index in [4.69, 9.17) is 0 Å². The van der Waals surface area contributed by atoms with Crippen molar-refractivity contribution >= 4 is 27.7 Å². The summed E-state index contributed by atoms with van der Waals surface area (Å²) in [6.45, 7) is 6.43. The molecule has 0 radical (unpaired) electrons. The van der Waals surface area contributed by atoms with Crippen LogP contribution in [0, 0.1) is 5.41 Å². The van der Waals surface area contributed by atoms with Gasteiger partial charge >= 0.3 is 0 Å². The topological polar surface area (TPSA) is 37.4 Å². The van der Waals surface area contributed by atoms with Gasteiger partial charge < -0.3 is 0 Å². The number of benzene rings is 1. The molecule has 1 aliphatic heterocycles. The molecule has 3 nitrogen and oxygen atoms in total. The summed E-state index contributed by atoms with van der Waals surface area (Å²) >= 11 is 3.69. The molecule has 1 atom stereocenters. The predicted octanol–water partition coefficient (Wildman–Crippen LogP) is 3.32. The van der Waals surface area contributed by atoms with Gasteiger partial charge in [-0.05, 0) is 22.6 Å². The molecule has 0 bridgehead atoms. The summed E-state index contributed by atoms with van der Waals surface area (Å²) in [4.78, 5) is 25.2. The standard InChI is InChI=1S/C15H18BrNO2/c1-15(2,3)13(16)10-6-5-9-8-12(18)17(4)14(19)11(9)7-10/h5-7,13H,8H2,1-4H3. The lowest BCUT2D eigenvalue weighted by Crippen LogP contribution is -2.39. The Bertz CT molecular complexity index is 546. The highest BCUT2D eigenvalue weighted by Gasteiger charge is 2.30. The second-order valence-corrected chi connectivity index (χ2v) is 7.00. The number of hydrogen-bond donors (Lipinski definition) is 0. The van der Waals surface area contributed by atoms with E-state index in [0.717, 1.165) is 11.1 Å². The van der Waals surface area contributed by atoms with Crippen molar-refractivity contribution in [1.82, 2.24) is 4.90 Å². The zero-order valence-electron chi connectivity index (χ0n) is 11.7. The van der Waals surface area contributed by atoms with Gasteiger partial charge in [0.05, 0.1) is 6.42 Å². The van der Waals surface area contributed by atoms with E-state index in [9.17, 15) is 9.59 Å². The minimum Gasteiger partial charge on any atom is -0.281 e. The van der Waals surface area contributed by atoms with E-state index in [1.165, 1.54) is 11.9 Å². The fraction of sp³-hybridized carbons (Fsp3) is 0.467. The van der Waals surface area contributed by atoms with Crippen molar-refractivity contribution < 1.29 is 9.59 Å². The van der Waals surface area contributed by atoms with E-state index < -0.39 is 0 Å². The summed E-state index contributed by atoms with van der Waals surface area (Å²) in [5, 5.41) is 0. The largest absolute Gasteiger partial charge is 0.281 e. The molecule has 0 aromatic heterocycles. The molecular weight excluding hydrogens is 306 g/mol. The maximum atomic E-state index is 12.1. The number of rotatable bonds is 1. The van der Waals surface area contributed by atoms with Crippen LogP contribution in [-0.2, 0) is 11.2 Å². The van der Waals surface area contributed by atoms with E-state index in [-0.39, 0.29) is 22.1 Å². The van der Waals surface area contributed by atoms with Crippen LogP contribution in [0.1, 0.15) is 47.1 Å². The number of hydrogen-bond acceptors (Lipinski definition) is 2. The molecule has 1 heterocycles. The van der Waals surface area contributed by atoms with Gasteiger partial charge in [0.25, 0.3) is 5.91 Å². The zero-order valence-corrected chi connectivity index (χ0v) is 13.2. The van der Waals surface area contributed by atoms with E-state index in [2.05, 4.69) is 36.7 Å². The third-order valence-corrected chi connectivity index (χ3v) is 5.34. The highest BCUT2D eigenvalue weighted by atomic mass is 79.9. The number of alkyl halides is 1. The first kappa shape index (κ1) is 14.3. The molecule has 1 aromatic rings. The van der Waals surface area contributed by atoms with Crippen LogP contribution in [0.3, 0.4) is 0 Å². The number of likely N-dealkylation sites (N-methyl/N-ethyl adjacent to an activating group) is 1. The fourth-order valence-electron chi connectivity index (χ4n) is 2.18. The molecule has 1 unspecified atom stereocenters. The van der Waals surface area contributed by atoms with Gasteiger partial charge in [-0.3, -0.25) is 14.5 Å². The van der Waals surface area contributed by atoms with Crippen molar-refractivity contribution in [2.45, 2.75) is 32.0 Å². The molecule has 102 valence electrons. The smallest absolute Gasteiger partial charge is 0.260 e. The SMILES string of the molecule is CN1C(=O)Cc2ccc(C(Br)C(C)(C)C)cc2C1=O. The minimum absolute atomic E-state index is 0.0632. The number of amides is 2. The lowest BCUT2D eigenvalue weighted by molar-refractivity contribution is -0.127. The summed E-state index contributed by atoms with van der Waals surface area (Å²) in [5.41, 5.74) is 2.61. The Morgan fingerprint density at radius 1 is 1.26 bits per heavy atom. The van der Waals surface area contributed by atoms with Crippen molar-refractivity contribution in [1.29, 1.82) is 0 Å². The first-order valence-corrected chi connectivity index (χ1v) is 7.21. The van der Waals surface area contributed by atoms with Crippen LogP contribution in [-0.4, -0.2) is 23.8 Å². The molecule has 0 spiro atoms. The highest BCUT2D eigenvalue weighted by Crippen LogP contribution is 2.40. The second kappa shape index (κ2) is 4.75. The Labute approximate surface area is 122 Å². The zero-order chi connectivity index (χ0) is 14.4. The van der Waals surface area contributed by atoms with Crippen LogP contribution < -0.4 is 0 Å². The van der Waals surface area contributed by atoms with Crippen molar-refractivity contribution in [3.8, 4) is 0 Å². The van der Waals surface area contributed by atoms with Gasteiger partial charge in [-0.15, -0.1) is 0 Å². The lowest BCUT2D eigenvalue weighted by atomic mass is 9.86. The van der Waals surface area contributed by atoms with Crippen LogP contribution in [0.5, 0.6) is 0 Å². The number of fused-ring (bicyclic) bond motifs is 1. The fourth-order valence-corrected chi connectivity index (χ4v) is 2.47. The summed E-state index contributed by atoms with van der Waals surface area (Å²) in [6.07, 6.45) is 0.306. The molecule has 0 aliphatic carbocycles.